The molecule has 8 heteroatoms. The molecule has 2 N–H and O–H groups in total. The molecular weight excluding hydrogens is 372 g/mol. The number of amides is 1. The van der Waals surface area contributed by atoms with E-state index in [1.807, 2.05) is 63.4 Å². The molecule has 0 bridgehead atoms. The van der Waals surface area contributed by atoms with Crippen LogP contribution in [0.2, 0.25) is 0 Å². The minimum atomic E-state index is -0.0864. The molecule has 3 aromatic rings. The van der Waals surface area contributed by atoms with Crippen LogP contribution in [0.4, 0.5) is 5.82 Å². The number of aromatic nitrogens is 4. The molecule has 28 heavy (non-hydrogen) atoms. The summed E-state index contributed by atoms with van der Waals surface area (Å²) in [6.07, 6.45) is 2.01. The molecule has 0 spiro atoms. The zero-order valence-electron chi connectivity index (χ0n) is 16.5. The van der Waals surface area contributed by atoms with Gasteiger partial charge in [-0.1, -0.05) is 0 Å². The summed E-state index contributed by atoms with van der Waals surface area (Å²) in [7, 11) is 0. The number of benzene rings is 1. The van der Waals surface area contributed by atoms with Gasteiger partial charge in [-0.25, -0.2) is 14.6 Å². The van der Waals surface area contributed by atoms with E-state index in [-0.39, 0.29) is 5.91 Å². The van der Waals surface area contributed by atoms with Crippen molar-refractivity contribution in [2.45, 2.75) is 25.7 Å². The number of rotatable bonds is 7. The molecule has 0 saturated carbocycles. The van der Waals surface area contributed by atoms with E-state index in [0.29, 0.717) is 30.3 Å². The van der Waals surface area contributed by atoms with Crippen molar-refractivity contribution in [3.63, 3.8) is 0 Å². The second-order valence-electron chi connectivity index (χ2n) is 6.41. The van der Waals surface area contributed by atoms with Gasteiger partial charge >= 0.3 is 0 Å². The van der Waals surface area contributed by atoms with Crippen LogP contribution in [-0.2, 0) is 0 Å². The van der Waals surface area contributed by atoms with Crippen LogP contribution in [-0.4, -0.2) is 45.0 Å². The highest BCUT2D eigenvalue weighted by atomic mass is 32.2. The highest BCUT2D eigenvalue weighted by Gasteiger charge is 2.09. The number of nitrogens with zero attached hydrogens (tertiary/aromatic N) is 4. The minimum Gasteiger partial charge on any atom is -0.368 e. The molecule has 2 aromatic heterocycles. The third-order valence-corrected chi connectivity index (χ3v) is 4.86. The lowest BCUT2D eigenvalue weighted by atomic mass is 10.2. The number of carbonyl (C=O) groups excluding carboxylic acids is 1. The molecule has 0 aliphatic rings. The maximum absolute atomic E-state index is 12.2. The third-order valence-electron chi connectivity index (χ3n) is 4.12. The first-order chi connectivity index (χ1) is 13.5. The standard InChI is InChI=1S/C20H24N6OS/c1-13-11-14(2)26(25-13)19-12-18(23-15(3)24-19)21-9-10-22-20(27)16-5-7-17(28-4)8-6-16/h5-8,11-12H,9-10H2,1-4H3,(H,22,27)(H,21,23,24). The zero-order valence-corrected chi connectivity index (χ0v) is 17.3. The van der Waals surface area contributed by atoms with Gasteiger partial charge in [-0.05, 0) is 57.4 Å². The van der Waals surface area contributed by atoms with E-state index < -0.39 is 0 Å². The largest absolute Gasteiger partial charge is 0.368 e. The molecular formula is C20H24N6OS. The lowest BCUT2D eigenvalue weighted by Gasteiger charge is -2.10. The van der Waals surface area contributed by atoms with E-state index >= 15 is 0 Å². The summed E-state index contributed by atoms with van der Waals surface area (Å²) in [5.74, 6) is 1.99. The maximum atomic E-state index is 12.2. The van der Waals surface area contributed by atoms with Crippen molar-refractivity contribution in [3.05, 3.63) is 59.2 Å². The van der Waals surface area contributed by atoms with Crippen molar-refractivity contribution >= 4 is 23.5 Å². The van der Waals surface area contributed by atoms with Gasteiger partial charge in [0.2, 0.25) is 0 Å². The number of hydrogen-bond donors (Lipinski definition) is 2. The topological polar surface area (TPSA) is 84.7 Å². The summed E-state index contributed by atoms with van der Waals surface area (Å²) in [5, 5.41) is 10.6. The fourth-order valence-electron chi connectivity index (χ4n) is 2.82. The van der Waals surface area contributed by atoms with Crippen LogP contribution in [0.1, 0.15) is 27.6 Å². The molecule has 1 amide bonds. The van der Waals surface area contributed by atoms with Crippen molar-refractivity contribution in [1.82, 2.24) is 25.1 Å². The number of anilines is 1. The monoisotopic (exact) mass is 396 g/mol. The maximum Gasteiger partial charge on any atom is 0.251 e. The van der Waals surface area contributed by atoms with Gasteiger partial charge in [0, 0.05) is 35.3 Å². The van der Waals surface area contributed by atoms with Crippen molar-refractivity contribution in [3.8, 4) is 5.82 Å². The smallest absolute Gasteiger partial charge is 0.251 e. The van der Waals surface area contributed by atoms with Gasteiger partial charge in [-0.2, -0.15) is 5.10 Å². The first-order valence-corrected chi connectivity index (χ1v) is 10.2. The third kappa shape index (κ3) is 4.89. The second-order valence-corrected chi connectivity index (χ2v) is 7.29. The van der Waals surface area contributed by atoms with Crippen LogP contribution in [0.5, 0.6) is 0 Å². The Balaban J connectivity index is 1.57. The molecule has 3 rings (SSSR count). The predicted molar refractivity (Wildman–Crippen MR) is 112 cm³/mol. The van der Waals surface area contributed by atoms with Crippen LogP contribution >= 0.6 is 11.8 Å². The Hall–Kier alpha value is -2.87. The van der Waals surface area contributed by atoms with E-state index in [1.165, 1.54) is 0 Å². The summed E-state index contributed by atoms with van der Waals surface area (Å²) < 4.78 is 1.80. The molecule has 0 unspecified atom stereocenters. The summed E-state index contributed by atoms with van der Waals surface area (Å²) in [5.41, 5.74) is 2.61. The lowest BCUT2D eigenvalue weighted by molar-refractivity contribution is 0.0955. The second kappa shape index (κ2) is 8.88. The molecule has 2 heterocycles. The number of thioether (sulfide) groups is 1. The SMILES string of the molecule is CSc1ccc(C(=O)NCCNc2cc(-n3nc(C)cc3C)nc(C)n2)cc1. The van der Waals surface area contributed by atoms with Gasteiger partial charge in [0.1, 0.15) is 11.6 Å². The number of carbonyl (C=O) groups is 1. The quantitative estimate of drug-likeness (QED) is 0.471. The van der Waals surface area contributed by atoms with E-state index in [2.05, 4.69) is 25.7 Å². The molecule has 0 radical (unpaired) electrons. The molecule has 0 atom stereocenters. The van der Waals surface area contributed by atoms with Gasteiger partial charge in [0.15, 0.2) is 5.82 Å². The zero-order chi connectivity index (χ0) is 20.1. The van der Waals surface area contributed by atoms with E-state index in [9.17, 15) is 4.79 Å². The summed E-state index contributed by atoms with van der Waals surface area (Å²) in [6.45, 7) is 6.84. The normalized spacial score (nSPS) is 10.7. The first kappa shape index (κ1) is 19.9. The Morgan fingerprint density at radius 3 is 2.46 bits per heavy atom. The highest BCUT2D eigenvalue weighted by Crippen LogP contribution is 2.15. The molecule has 7 nitrogen and oxygen atoms in total. The summed E-state index contributed by atoms with van der Waals surface area (Å²) >= 11 is 1.65. The van der Waals surface area contributed by atoms with Gasteiger partial charge < -0.3 is 10.6 Å². The Morgan fingerprint density at radius 1 is 1.07 bits per heavy atom. The Bertz CT molecular complexity index is 967. The van der Waals surface area contributed by atoms with E-state index in [4.69, 9.17) is 0 Å². The van der Waals surface area contributed by atoms with Gasteiger partial charge in [-0.15, -0.1) is 11.8 Å². The number of aryl methyl sites for hydroxylation is 3. The molecule has 0 aliphatic carbocycles. The minimum absolute atomic E-state index is 0.0864. The Morgan fingerprint density at radius 2 is 1.82 bits per heavy atom. The van der Waals surface area contributed by atoms with Crippen LogP contribution in [0.3, 0.4) is 0 Å². The number of nitrogens with one attached hydrogen (secondary N) is 2. The molecule has 146 valence electrons. The number of hydrogen-bond acceptors (Lipinski definition) is 6. The van der Waals surface area contributed by atoms with Crippen LogP contribution in [0.15, 0.2) is 41.3 Å². The van der Waals surface area contributed by atoms with E-state index in [0.717, 1.165) is 22.1 Å². The van der Waals surface area contributed by atoms with Gasteiger partial charge in [-0.3, -0.25) is 4.79 Å². The van der Waals surface area contributed by atoms with Crippen LogP contribution < -0.4 is 10.6 Å². The molecule has 0 saturated heterocycles. The fourth-order valence-corrected chi connectivity index (χ4v) is 3.23. The van der Waals surface area contributed by atoms with Crippen molar-refractivity contribution < 1.29 is 4.79 Å². The average Bonchev–Trinajstić information content (AvgIpc) is 3.03. The van der Waals surface area contributed by atoms with Crippen LogP contribution in [0.25, 0.3) is 5.82 Å². The average molecular weight is 397 g/mol. The molecule has 1 aromatic carbocycles. The fraction of sp³-hybridized carbons (Fsp3) is 0.300. The Labute approximate surface area is 169 Å². The summed E-state index contributed by atoms with van der Waals surface area (Å²) in [6, 6.07) is 11.4. The Kier molecular flexibility index (Phi) is 6.30. The highest BCUT2D eigenvalue weighted by molar-refractivity contribution is 7.98. The van der Waals surface area contributed by atoms with Crippen molar-refractivity contribution in [1.29, 1.82) is 0 Å². The molecule has 0 fully saturated rings. The van der Waals surface area contributed by atoms with Crippen LogP contribution in [0, 0.1) is 20.8 Å². The van der Waals surface area contributed by atoms with Gasteiger partial charge in [0.25, 0.3) is 5.91 Å². The van der Waals surface area contributed by atoms with Crippen molar-refractivity contribution in [2.75, 3.05) is 24.7 Å². The van der Waals surface area contributed by atoms with Crippen molar-refractivity contribution in [2.24, 2.45) is 0 Å². The summed E-state index contributed by atoms with van der Waals surface area (Å²) in [4.78, 5) is 22.2. The predicted octanol–water partition coefficient (Wildman–Crippen LogP) is 3.15. The van der Waals surface area contributed by atoms with E-state index in [1.54, 1.807) is 16.4 Å². The molecule has 0 aliphatic heterocycles. The lowest BCUT2D eigenvalue weighted by Crippen LogP contribution is -2.29. The first-order valence-electron chi connectivity index (χ1n) is 9.01. The van der Waals surface area contributed by atoms with Gasteiger partial charge in [0.05, 0.1) is 5.69 Å².